The largest absolute Gasteiger partial charge is 0.443 e. The molecule has 0 radical (unpaired) electrons. The minimum atomic E-state index is -0.586. The van der Waals surface area contributed by atoms with Crippen molar-refractivity contribution in [2.45, 2.75) is 32.8 Å². The Kier molecular flexibility index (Phi) is 6.39. The number of rotatable bonds is 5. The molecule has 22 heavy (non-hydrogen) atoms. The molecule has 0 aliphatic heterocycles. The van der Waals surface area contributed by atoms with Crippen LogP contribution in [-0.2, 0) is 4.74 Å². The number of anilines is 1. The number of nitriles is 1. The third-order valence-corrected chi connectivity index (χ3v) is 2.66. The Bertz CT molecular complexity index is 553. The van der Waals surface area contributed by atoms with Crippen LogP contribution in [0.5, 0.6) is 0 Å². The second kappa shape index (κ2) is 8.03. The number of hydrazone groups is 1. The molecule has 0 fully saturated rings. The highest BCUT2D eigenvalue weighted by Gasteiger charge is 2.15. The zero-order valence-corrected chi connectivity index (χ0v) is 13.5. The third kappa shape index (κ3) is 6.75. The van der Waals surface area contributed by atoms with E-state index in [-0.39, 0.29) is 0 Å². The molecule has 1 aromatic carbocycles. The number of nitrogens with one attached hydrogen (secondary N) is 1. The highest BCUT2D eigenvalue weighted by atomic mass is 16.6. The number of benzene rings is 1. The van der Waals surface area contributed by atoms with Crippen LogP contribution in [0.25, 0.3) is 0 Å². The van der Waals surface area contributed by atoms with Crippen LogP contribution in [0.2, 0.25) is 0 Å². The maximum absolute atomic E-state index is 11.4. The fourth-order valence-electron chi connectivity index (χ4n) is 1.62. The molecular weight excluding hydrogens is 280 g/mol. The van der Waals surface area contributed by atoms with Crippen molar-refractivity contribution in [2.24, 2.45) is 5.10 Å². The van der Waals surface area contributed by atoms with Gasteiger partial charge in [-0.2, -0.15) is 10.4 Å². The van der Waals surface area contributed by atoms with Gasteiger partial charge in [0.05, 0.1) is 18.7 Å². The summed E-state index contributed by atoms with van der Waals surface area (Å²) in [5, 5.41) is 12.4. The lowest BCUT2D eigenvalue weighted by Gasteiger charge is -2.18. The predicted octanol–water partition coefficient (Wildman–Crippen LogP) is 2.90. The zero-order valence-electron chi connectivity index (χ0n) is 13.5. The first-order valence-corrected chi connectivity index (χ1v) is 7.02. The highest BCUT2D eigenvalue weighted by molar-refractivity contribution is 5.81. The van der Waals surface area contributed by atoms with Crippen LogP contribution in [0.15, 0.2) is 29.4 Å². The van der Waals surface area contributed by atoms with E-state index in [4.69, 9.17) is 10.00 Å². The average molecular weight is 302 g/mol. The fourth-order valence-corrected chi connectivity index (χ4v) is 1.62. The number of ether oxygens (including phenoxy) is 1. The fraction of sp³-hybridized carbons (Fsp3) is 0.438. The first kappa shape index (κ1) is 17.5. The van der Waals surface area contributed by atoms with Crippen LogP contribution in [0.4, 0.5) is 10.5 Å². The first-order valence-electron chi connectivity index (χ1n) is 7.02. The van der Waals surface area contributed by atoms with Gasteiger partial charge in [-0.3, -0.25) is 0 Å². The highest BCUT2D eigenvalue weighted by Crippen LogP contribution is 2.13. The lowest BCUT2D eigenvalue weighted by atomic mass is 10.2. The van der Waals surface area contributed by atoms with Crippen LogP contribution >= 0.6 is 0 Å². The van der Waals surface area contributed by atoms with Crippen LogP contribution in [0.1, 0.15) is 32.8 Å². The molecule has 0 unspecified atom stereocenters. The molecule has 118 valence electrons. The average Bonchev–Trinajstić information content (AvgIpc) is 2.43. The number of hydrogen-bond acceptors (Lipinski definition) is 5. The van der Waals surface area contributed by atoms with E-state index in [1.54, 1.807) is 27.0 Å². The molecule has 0 aliphatic rings. The summed E-state index contributed by atoms with van der Waals surface area (Å²) in [7, 11) is 1.94. The van der Waals surface area contributed by atoms with Crippen LogP contribution in [0, 0.1) is 11.3 Å². The van der Waals surface area contributed by atoms with E-state index < -0.39 is 11.7 Å². The summed E-state index contributed by atoms with van der Waals surface area (Å²) < 4.78 is 5.07. The zero-order chi connectivity index (χ0) is 16.6. The van der Waals surface area contributed by atoms with Crippen molar-refractivity contribution in [1.82, 2.24) is 5.43 Å². The number of carbonyl (C=O) groups excluding carboxylic acids is 1. The second-order valence-electron chi connectivity index (χ2n) is 5.79. The predicted molar refractivity (Wildman–Crippen MR) is 86.9 cm³/mol. The van der Waals surface area contributed by atoms with E-state index in [0.717, 1.165) is 11.3 Å². The van der Waals surface area contributed by atoms with Crippen LogP contribution in [0.3, 0.4) is 0 Å². The molecule has 0 bridgehead atoms. The van der Waals surface area contributed by atoms with Gasteiger partial charge in [0.25, 0.3) is 0 Å². The van der Waals surface area contributed by atoms with E-state index in [1.165, 1.54) is 0 Å². The number of amides is 1. The monoisotopic (exact) mass is 302 g/mol. The van der Waals surface area contributed by atoms with Crippen LogP contribution in [-0.4, -0.2) is 31.5 Å². The normalized spacial score (nSPS) is 11.0. The van der Waals surface area contributed by atoms with E-state index in [1.807, 2.05) is 36.2 Å². The lowest BCUT2D eigenvalue weighted by Crippen LogP contribution is -2.29. The minimum absolute atomic E-state index is 0.486. The van der Waals surface area contributed by atoms with Gasteiger partial charge in [0.15, 0.2) is 0 Å². The molecule has 0 aliphatic carbocycles. The molecule has 0 spiro atoms. The molecule has 0 aromatic heterocycles. The van der Waals surface area contributed by atoms with Crippen molar-refractivity contribution in [3.8, 4) is 6.07 Å². The van der Waals surface area contributed by atoms with Gasteiger partial charge in [0, 0.05) is 19.3 Å². The molecule has 0 atom stereocenters. The van der Waals surface area contributed by atoms with Gasteiger partial charge in [0.2, 0.25) is 0 Å². The number of hydrogen-bond donors (Lipinski definition) is 1. The summed E-state index contributed by atoms with van der Waals surface area (Å²) in [5.74, 6) is 0. The van der Waals surface area contributed by atoms with Gasteiger partial charge in [-0.15, -0.1) is 0 Å². The Morgan fingerprint density at radius 3 is 2.59 bits per heavy atom. The maximum Gasteiger partial charge on any atom is 0.428 e. The summed E-state index contributed by atoms with van der Waals surface area (Å²) in [6.07, 6.45) is 1.44. The topological polar surface area (TPSA) is 77.7 Å². The van der Waals surface area contributed by atoms with Gasteiger partial charge in [-0.25, -0.2) is 10.2 Å². The molecule has 1 rings (SSSR count). The first-order chi connectivity index (χ1) is 10.3. The molecular formula is C16H22N4O2. The number of nitrogens with zero attached hydrogens (tertiary/aromatic N) is 3. The molecule has 0 saturated carbocycles. The van der Waals surface area contributed by atoms with Gasteiger partial charge >= 0.3 is 6.09 Å². The SMILES string of the molecule is CN(CCC#N)c1ccc(/C=N\NC(=O)OC(C)(C)C)cc1. The summed E-state index contributed by atoms with van der Waals surface area (Å²) in [6, 6.07) is 9.77. The van der Waals surface area contributed by atoms with Gasteiger partial charge in [-0.1, -0.05) is 12.1 Å². The third-order valence-electron chi connectivity index (χ3n) is 2.66. The summed E-state index contributed by atoms with van der Waals surface area (Å²) >= 11 is 0. The molecule has 0 heterocycles. The van der Waals surface area contributed by atoms with E-state index >= 15 is 0 Å². The van der Waals surface area contributed by atoms with Crippen molar-refractivity contribution < 1.29 is 9.53 Å². The maximum atomic E-state index is 11.4. The Hall–Kier alpha value is -2.55. The summed E-state index contributed by atoms with van der Waals surface area (Å²) in [6.45, 7) is 6.05. The molecule has 6 heteroatoms. The van der Waals surface area contributed by atoms with Crippen LogP contribution < -0.4 is 10.3 Å². The summed E-state index contributed by atoms with van der Waals surface area (Å²) in [5.41, 5.74) is 3.64. The van der Waals surface area contributed by atoms with Crippen molar-refractivity contribution >= 4 is 18.0 Å². The molecule has 0 saturated heterocycles. The van der Waals surface area contributed by atoms with E-state index in [9.17, 15) is 4.79 Å². The van der Waals surface area contributed by atoms with Gasteiger partial charge in [0.1, 0.15) is 5.60 Å². The lowest BCUT2D eigenvalue weighted by molar-refractivity contribution is 0.0529. The Labute approximate surface area is 131 Å². The van der Waals surface area contributed by atoms with Crippen molar-refractivity contribution in [3.05, 3.63) is 29.8 Å². The minimum Gasteiger partial charge on any atom is -0.443 e. The van der Waals surface area contributed by atoms with Gasteiger partial charge < -0.3 is 9.64 Å². The Balaban J connectivity index is 2.52. The molecule has 1 N–H and O–H groups in total. The quantitative estimate of drug-likeness (QED) is 0.670. The van der Waals surface area contributed by atoms with Crippen molar-refractivity contribution in [2.75, 3.05) is 18.5 Å². The van der Waals surface area contributed by atoms with Gasteiger partial charge in [-0.05, 0) is 38.5 Å². The smallest absolute Gasteiger partial charge is 0.428 e. The molecule has 6 nitrogen and oxygen atoms in total. The molecule has 1 amide bonds. The Morgan fingerprint density at radius 1 is 1.41 bits per heavy atom. The number of carbonyl (C=O) groups is 1. The van der Waals surface area contributed by atoms with E-state index in [2.05, 4.69) is 16.6 Å². The van der Waals surface area contributed by atoms with Crippen molar-refractivity contribution in [1.29, 1.82) is 5.26 Å². The Morgan fingerprint density at radius 2 is 2.05 bits per heavy atom. The second-order valence-corrected chi connectivity index (χ2v) is 5.79. The molecule has 1 aromatic rings. The summed E-state index contributed by atoms with van der Waals surface area (Å²) in [4.78, 5) is 13.4. The standard InChI is InChI=1S/C16H22N4O2/c1-16(2,3)22-15(21)19-18-12-13-6-8-14(9-7-13)20(4)11-5-10-17/h6-9,12H,5,11H2,1-4H3,(H,19,21)/b18-12-. The van der Waals surface area contributed by atoms with Crippen molar-refractivity contribution in [3.63, 3.8) is 0 Å². The van der Waals surface area contributed by atoms with E-state index in [0.29, 0.717) is 13.0 Å².